The van der Waals surface area contributed by atoms with E-state index in [-0.39, 0.29) is 5.91 Å². The minimum atomic E-state index is 0.160. The van der Waals surface area contributed by atoms with E-state index in [0.717, 1.165) is 30.2 Å². The summed E-state index contributed by atoms with van der Waals surface area (Å²) in [5.74, 6) is 1.10. The molecule has 0 saturated carbocycles. The van der Waals surface area contributed by atoms with E-state index < -0.39 is 0 Å². The number of carbonyl (C=O) groups is 1. The molecule has 1 saturated heterocycles. The number of H-pyrrole nitrogens is 1. The molecule has 3 heterocycles. The van der Waals surface area contributed by atoms with Gasteiger partial charge in [0, 0.05) is 37.3 Å². The van der Waals surface area contributed by atoms with Crippen LogP contribution in [0.2, 0.25) is 5.02 Å². The first-order valence-corrected chi connectivity index (χ1v) is 9.81. The molecule has 7 heteroatoms. The van der Waals surface area contributed by atoms with Crippen molar-refractivity contribution in [3.8, 4) is 10.6 Å². The van der Waals surface area contributed by atoms with Crippen molar-refractivity contribution < 1.29 is 4.79 Å². The molecule has 0 aliphatic carbocycles. The topological polar surface area (TPSA) is 52.2 Å². The normalized spacial score (nSPS) is 14.7. The van der Waals surface area contributed by atoms with Crippen LogP contribution in [-0.4, -0.2) is 47.2 Å². The van der Waals surface area contributed by atoms with Crippen molar-refractivity contribution in [2.75, 3.05) is 31.1 Å². The first-order valence-electron chi connectivity index (χ1n) is 8.55. The van der Waals surface area contributed by atoms with Crippen molar-refractivity contribution in [3.05, 3.63) is 58.4 Å². The fourth-order valence-corrected chi connectivity index (χ4v) is 3.92. The number of piperazine rings is 1. The Balaban J connectivity index is 1.33. The molecule has 0 unspecified atom stereocenters. The van der Waals surface area contributed by atoms with E-state index in [1.807, 2.05) is 35.2 Å². The standard InChI is InChI=1S/C19H19ClN4OS/c20-15-5-3-14(4-6-15)12-19(25)24-9-7-23(8-10-24)18-13-16(21-22-18)17-2-1-11-26-17/h1-6,11,13H,7-10,12H2,(H,21,22). The summed E-state index contributed by atoms with van der Waals surface area (Å²) in [6.07, 6.45) is 0.419. The highest BCUT2D eigenvalue weighted by Gasteiger charge is 2.22. The Morgan fingerprint density at radius 2 is 1.92 bits per heavy atom. The lowest BCUT2D eigenvalue weighted by Crippen LogP contribution is -2.49. The Hall–Kier alpha value is -2.31. The lowest BCUT2D eigenvalue weighted by atomic mass is 10.1. The van der Waals surface area contributed by atoms with Gasteiger partial charge in [-0.3, -0.25) is 9.89 Å². The molecule has 0 spiro atoms. The largest absolute Gasteiger partial charge is 0.352 e. The molecule has 134 valence electrons. The van der Waals surface area contributed by atoms with Gasteiger partial charge in [0.25, 0.3) is 0 Å². The van der Waals surface area contributed by atoms with Crippen molar-refractivity contribution in [3.63, 3.8) is 0 Å². The second kappa shape index (κ2) is 7.51. The summed E-state index contributed by atoms with van der Waals surface area (Å²) < 4.78 is 0. The van der Waals surface area contributed by atoms with E-state index in [4.69, 9.17) is 11.6 Å². The molecule has 0 bridgehead atoms. The van der Waals surface area contributed by atoms with Crippen LogP contribution < -0.4 is 4.90 Å². The number of aromatic amines is 1. The molecule has 1 amide bonds. The van der Waals surface area contributed by atoms with Gasteiger partial charge in [-0.05, 0) is 29.1 Å². The Labute approximate surface area is 161 Å². The number of nitrogens with zero attached hydrogens (tertiary/aromatic N) is 3. The van der Waals surface area contributed by atoms with Crippen LogP contribution in [0.3, 0.4) is 0 Å². The number of hydrogen-bond donors (Lipinski definition) is 1. The van der Waals surface area contributed by atoms with Gasteiger partial charge in [0.2, 0.25) is 5.91 Å². The molecule has 0 atom stereocenters. The number of anilines is 1. The van der Waals surface area contributed by atoms with Gasteiger partial charge in [0.1, 0.15) is 0 Å². The highest BCUT2D eigenvalue weighted by atomic mass is 35.5. The van der Waals surface area contributed by atoms with Crippen LogP contribution in [-0.2, 0) is 11.2 Å². The van der Waals surface area contributed by atoms with Gasteiger partial charge in [-0.25, -0.2) is 0 Å². The minimum absolute atomic E-state index is 0.160. The predicted octanol–water partition coefficient (Wildman–Crippen LogP) is 3.68. The third-order valence-electron chi connectivity index (χ3n) is 4.58. The summed E-state index contributed by atoms with van der Waals surface area (Å²) in [5, 5.41) is 10.3. The van der Waals surface area contributed by atoms with Crippen molar-refractivity contribution in [2.45, 2.75) is 6.42 Å². The second-order valence-electron chi connectivity index (χ2n) is 6.29. The SMILES string of the molecule is O=C(Cc1ccc(Cl)cc1)N1CCN(c2cc(-c3cccs3)[nH]n2)CC1. The van der Waals surface area contributed by atoms with Crippen LogP contribution in [0.15, 0.2) is 47.8 Å². The molecule has 1 aromatic carbocycles. The average Bonchev–Trinajstić information content (AvgIpc) is 3.35. The van der Waals surface area contributed by atoms with Crippen molar-refractivity contribution in [2.24, 2.45) is 0 Å². The zero-order valence-electron chi connectivity index (χ0n) is 14.2. The number of hydrogen-bond acceptors (Lipinski definition) is 4. The van der Waals surface area contributed by atoms with Gasteiger partial charge in [-0.15, -0.1) is 11.3 Å². The third kappa shape index (κ3) is 3.76. The second-order valence-corrected chi connectivity index (χ2v) is 7.67. The fourth-order valence-electron chi connectivity index (χ4n) is 3.10. The molecule has 1 fully saturated rings. The summed E-state index contributed by atoms with van der Waals surface area (Å²) >= 11 is 7.59. The Kier molecular flexibility index (Phi) is 4.95. The van der Waals surface area contributed by atoms with Crippen molar-refractivity contribution in [1.29, 1.82) is 0 Å². The Bertz CT molecular complexity index is 867. The van der Waals surface area contributed by atoms with Crippen LogP contribution in [0.5, 0.6) is 0 Å². The van der Waals surface area contributed by atoms with E-state index in [2.05, 4.69) is 32.6 Å². The lowest BCUT2D eigenvalue weighted by molar-refractivity contribution is -0.130. The molecule has 1 N–H and O–H groups in total. The molecule has 2 aromatic heterocycles. The molecule has 0 radical (unpaired) electrons. The summed E-state index contributed by atoms with van der Waals surface area (Å²) in [7, 11) is 0. The molecule has 4 rings (SSSR count). The fraction of sp³-hybridized carbons (Fsp3) is 0.263. The Morgan fingerprint density at radius 1 is 1.15 bits per heavy atom. The third-order valence-corrected chi connectivity index (χ3v) is 5.73. The first-order chi connectivity index (χ1) is 12.7. The van der Waals surface area contributed by atoms with Gasteiger partial charge < -0.3 is 9.80 Å². The first kappa shape index (κ1) is 17.1. The van der Waals surface area contributed by atoms with Gasteiger partial charge in [-0.1, -0.05) is 29.8 Å². The molecular formula is C19H19ClN4OS. The number of halogens is 1. The number of benzene rings is 1. The number of nitrogens with one attached hydrogen (secondary N) is 1. The number of rotatable bonds is 4. The van der Waals surface area contributed by atoms with Crippen LogP contribution in [0, 0.1) is 0 Å². The summed E-state index contributed by atoms with van der Waals surface area (Å²) in [4.78, 5) is 17.8. The highest BCUT2D eigenvalue weighted by Crippen LogP contribution is 2.26. The number of aromatic nitrogens is 2. The van der Waals surface area contributed by atoms with Crippen molar-refractivity contribution in [1.82, 2.24) is 15.1 Å². The molecular weight excluding hydrogens is 368 g/mol. The lowest BCUT2D eigenvalue weighted by Gasteiger charge is -2.34. The zero-order chi connectivity index (χ0) is 17.9. The molecule has 5 nitrogen and oxygen atoms in total. The van der Waals surface area contributed by atoms with Gasteiger partial charge in [0.05, 0.1) is 17.0 Å². The molecule has 1 aliphatic rings. The quantitative estimate of drug-likeness (QED) is 0.744. The van der Waals surface area contributed by atoms with Crippen LogP contribution >= 0.6 is 22.9 Å². The maximum atomic E-state index is 12.5. The van der Waals surface area contributed by atoms with Crippen molar-refractivity contribution >= 4 is 34.7 Å². The van der Waals surface area contributed by atoms with E-state index >= 15 is 0 Å². The van der Waals surface area contributed by atoms with Gasteiger partial charge in [-0.2, -0.15) is 5.10 Å². The highest BCUT2D eigenvalue weighted by molar-refractivity contribution is 7.13. The smallest absolute Gasteiger partial charge is 0.227 e. The predicted molar refractivity (Wildman–Crippen MR) is 106 cm³/mol. The van der Waals surface area contributed by atoms with E-state index in [1.165, 1.54) is 4.88 Å². The van der Waals surface area contributed by atoms with Crippen LogP contribution in [0.25, 0.3) is 10.6 Å². The average molecular weight is 387 g/mol. The van der Waals surface area contributed by atoms with E-state index in [9.17, 15) is 4.79 Å². The van der Waals surface area contributed by atoms with Gasteiger partial charge in [0.15, 0.2) is 5.82 Å². The summed E-state index contributed by atoms with van der Waals surface area (Å²) in [5.41, 5.74) is 2.03. The Morgan fingerprint density at radius 3 is 2.62 bits per heavy atom. The van der Waals surface area contributed by atoms with E-state index in [1.54, 1.807) is 11.3 Å². The van der Waals surface area contributed by atoms with Gasteiger partial charge >= 0.3 is 0 Å². The maximum Gasteiger partial charge on any atom is 0.227 e. The summed E-state index contributed by atoms with van der Waals surface area (Å²) in [6.45, 7) is 3.02. The zero-order valence-corrected chi connectivity index (χ0v) is 15.8. The number of amides is 1. The number of carbonyl (C=O) groups excluding carboxylic acids is 1. The molecule has 3 aromatic rings. The molecule has 26 heavy (non-hydrogen) atoms. The maximum absolute atomic E-state index is 12.5. The van der Waals surface area contributed by atoms with E-state index in [0.29, 0.717) is 24.5 Å². The molecule has 1 aliphatic heterocycles. The monoisotopic (exact) mass is 386 g/mol. The minimum Gasteiger partial charge on any atom is -0.352 e. The van der Waals surface area contributed by atoms with Crippen LogP contribution in [0.1, 0.15) is 5.56 Å². The summed E-state index contributed by atoms with van der Waals surface area (Å²) in [6, 6.07) is 13.7. The van der Waals surface area contributed by atoms with Crippen LogP contribution in [0.4, 0.5) is 5.82 Å². The number of thiophene rings is 1.